The number of fused-ring (bicyclic) bond motifs is 2. The summed E-state index contributed by atoms with van der Waals surface area (Å²) in [5, 5.41) is 11.2. The summed E-state index contributed by atoms with van der Waals surface area (Å²) < 4.78 is 12.0. The fraction of sp³-hybridized carbons (Fsp3) is 0.300. The second kappa shape index (κ2) is 5.24. The van der Waals surface area contributed by atoms with E-state index in [4.69, 9.17) is 9.47 Å². The predicted octanol–water partition coefficient (Wildman–Crippen LogP) is 4.13. The zero-order chi connectivity index (χ0) is 18.7. The van der Waals surface area contributed by atoms with Crippen molar-refractivity contribution >= 4 is 17.5 Å². The summed E-state index contributed by atoms with van der Waals surface area (Å²) in [4.78, 5) is 12.8. The van der Waals surface area contributed by atoms with Crippen LogP contribution in [0.5, 0.6) is 11.5 Å². The Morgan fingerprint density at radius 2 is 2.00 bits per heavy atom. The molecule has 0 N–H and O–H groups in total. The van der Waals surface area contributed by atoms with E-state index in [1.807, 2.05) is 48.4 Å². The average molecular weight is 352 g/mol. The van der Waals surface area contributed by atoms with Crippen molar-refractivity contribution in [3.63, 3.8) is 0 Å². The number of anilines is 1. The lowest BCUT2D eigenvalue weighted by Crippen LogP contribution is -2.58. The van der Waals surface area contributed by atoms with Gasteiger partial charge in [0.1, 0.15) is 0 Å². The zero-order valence-electron chi connectivity index (χ0n) is 15.1. The molecule has 1 unspecified atom stereocenters. The molecule has 0 aliphatic carbocycles. The Kier molecular flexibility index (Phi) is 3.31. The number of benzene rings is 2. The minimum absolute atomic E-state index is 0.0706. The van der Waals surface area contributed by atoms with Gasteiger partial charge >= 0.3 is 0 Å². The van der Waals surface area contributed by atoms with Gasteiger partial charge in [-0.3, -0.25) is 10.1 Å². The van der Waals surface area contributed by atoms with E-state index in [2.05, 4.69) is 13.8 Å². The standard InChI is InChI=1S/C20H20N2O4/c1-19(2)15-9-8-14(22(23)24)12-16(15)21(3)20(19)11-10-13-6-5-7-17(25-4)18(13)26-20/h5-12H,1-4H3. The molecular weight excluding hydrogens is 332 g/mol. The van der Waals surface area contributed by atoms with Crippen LogP contribution in [-0.4, -0.2) is 24.8 Å². The Balaban J connectivity index is 1.89. The maximum Gasteiger partial charge on any atom is 0.271 e. The van der Waals surface area contributed by atoms with Crippen molar-refractivity contribution in [2.24, 2.45) is 0 Å². The van der Waals surface area contributed by atoms with Gasteiger partial charge in [-0.1, -0.05) is 12.1 Å². The van der Waals surface area contributed by atoms with Gasteiger partial charge in [0.25, 0.3) is 5.69 Å². The monoisotopic (exact) mass is 352 g/mol. The number of hydrogen-bond acceptors (Lipinski definition) is 5. The highest BCUT2D eigenvalue weighted by atomic mass is 16.6. The van der Waals surface area contributed by atoms with E-state index >= 15 is 0 Å². The molecule has 0 saturated heterocycles. The molecule has 0 amide bonds. The summed E-state index contributed by atoms with van der Waals surface area (Å²) in [6.45, 7) is 4.18. The number of nitro groups is 1. The molecule has 6 heteroatoms. The van der Waals surface area contributed by atoms with Crippen LogP contribution in [0.3, 0.4) is 0 Å². The maximum absolute atomic E-state index is 11.2. The number of nitrogens with zero attached hydrogens (tertiary/aromatic N) is 2. The third kappa shape index (κ3) is 1.92. The van der Waals surface area contributed by atoms with Crippen molar-refractivity contribution in [2.45, 2.75) is 25.0 Å². The summed E-state index contributed by atoms with van der Waals surface area (Å²) in [6, 6.07) is 10.8. The van der Waals surface area contributed by atoms with Gasteiger partial charge < -0.3 is 14.4 Å². The summed E-state index contributed by atoms with van der Waals surface area (Å²) in [6.07, 6.45) is 4.06. The Labute approximate surface area is 151 Å². The van der Waals surface area contributed by atoms with E-state index in [9.17, 15) is 10.1 Å². The Hall–Kier alpha value is -3.02. The molecule has 2 aliphatic rings. The highest BCUT2D eigenvalue weighted by Crippen LogP contribution is 2.55. The molecule has 2 aliphatic heterocycles. The molecule has 0 saturated carbocycles. The van der Waals surface area contributed by atoms with Gasteiger partial charge in [0, 0.05) is 24.7 Å². The quantitative estimate of drug-likeness (QED) is 0.600. The molecule has 6 nitrogen and oxygen atoms in total. The molecule has 26 heavy (non-hydrogen) atoms. The topological polar surface area (TPSA) is 64.8 Å². The largest absolute Gasteiger partial charge is 0.493 e. The molecule has 1 atom stereocenters. The van der Waals surface area contributed by atoms with Crippen LogP contribution in [0.15, 0.2) is 42.5 Å². The van der Waals surface area contributed by atoms with Crippen molar-refractivity contribution in [3.05, 3.63) is 63.7 Å². The minimum atomic E-state index is -0.799. The molecule has 134 valence electrons. The van der Waals surface area contributed by atoms with E-state index in [0.29, 0.717) is 11.5 Å². The number of hydrogen-bond donors (Lipinski definition) is 0. The van der Waals surface area contributed by atoms with Crippen LogP contribution in [-0.2, 0) is 5.41 Å². The van der Waals surface area contributed by atoms with Crippen LogP contribution in [0.1, 0.15) is 25.0 Å². The first-order valence-corrected chi connectivity index (χ1v) is 8.40. The smallest absolute Gasteiger partial charge is 0.271 e. The third-order valence-corrected chi connectivity index (χ3v) is 5.60. The molecule has 2 aromatic rings. The second-order valence-electron chi connectivity index (χ2n) is 7.15. The van der Waals surface area contributed by atoms with Crippen LogP contribution < -0.4 is 14.4 Å². The number of methoxy groups -OCH3 is 1. The molecule has 0 bridgehead atoms. The SMILES string of the molecule is COc1cccc2c1OC1(C=C2)N(C)c2cc([N+](=O)[O-])ccc2C1(C)C. The van der Waals surface area contributed by atoms with Crippen LogP contribution in [0, 0.1) is 10.1 Å². The zero-order valence-corrected chi connectivity index (χ0v) is 15.1. The van der Waals surface area contributed by atoms with Crippen molar-refractivity contribution in [2.75, 3.05) is 19.1 Å². The highest BCUT2D eigenvalue weighted by Gasteiger charge is 2.58. The van der Waals surface area contributed by atoms with Crippen LogP contribution in [0.4, 0.5) is 11.4 Å². The van der Waals surface area contributed by atoms with Crippen molar-refractivity contribution < 1.29 is 14.4 Å². The summed E-state index contributed by atoms with van der Waals surface area (Å²) >= 11 is 0. The van der Waals surface area contributed by atoms with E-state index in [-0.39, 0.29) is 10.6 Å². The fourth-order valence-corrected chi connectivity index (χ4v) is 4.07. The lowest BCUT2D eigenvalue weighted by atomic mass is 9.76. The number of nitro benzene ring substituents is 1. The van der Waals surface area contributed by atoms with Gasteiger partial charge in [-0.05, 0) is 43.7 Å². The van der Waals surface area contributed by atoms with Crippen LogP contribution >= 0.6 is 0 Å². The number of para-hydroxylation sites is 1. The summed E-state index contributed by atoms with van der Waals surface area (Å²) in [7, 11) is 3.52. The van der Waals surface area contributed by atoms with Crippen LogP contribution in [0.25, 0.3) is 6.08 Å². The lowest BCUT2D eigenvalue weighted by Gasteiger charge is -2.45. The Morgan fingerprint density at radius 1 is 1.23 bits per heavy atom. The van der Waals surface area contributed by atoms with E-state index < -0.39 is 11.1 Å². The number of rotatable bonds is 2. The second-order valence-corrected chi connectivity index (χ2v) is 7.15. The van der Waals surface area contributed by atoms with Gasteiger partial charge in [-0.25, -0.2) is 0 Å². The molecular formula is C20H20N2O4. The molecule has 0 aromatic heterocycles. The highest BCUT2D eigenvalue weighted by molar-refractivity contribution is 5.74. The minimum Gasteiger partial charge on any atom is -0.493 e. The number of non-ortho nitro benzene ring substituents is 1. The average Bonchev–Trinajstić information content (AvgIpc) is 2.79. The summed E-state index contributed by atoms with van der Waals surface area (Å²) in [5.41, 5.74) is 1.59. The number of ether oxygens (including phenoxy) is 2. The fourth-order valence-electron chi connectivity index (χ4n) is 4.07. The van der Waals surface area contributed by atoms with E-state index in [1.165, 1.54) is 0 Å². The van der Waals surface area contributed by atoms with Crippen molar-refractivity contribution in [1.82, 2.24) is 0 Å². The van der Waals surface area contributed by atoms with Gasteiger partial charge in [-0.2, -0.15) is 0 Å². The lowest BCUT2D eigenvalue weighted by molar-refractivity contribution is -0.384. The van der Waals surface area contributed by atoms with Crippen molar-refractivity contribution in [3.8, 4) is 11.5 Å². The van der Waals surface area contributed by atoms with Gasteiger partial charge in [-0.15, -0.1) is 0 Å². The van der Waals surface area contributed by atoms with E-state index in [1.54, 1.807) is 19.2 Å². The number of likely N-dealkylation sites (N-methyl/N-ethyl adjacent to an activating group) is 1. The normalized spacial score (nSPS) is 21.9. The van der Waals surface area contributed by atoms with E-state index in [0.717, 1.165) is 16.8 Å². The molecule has 2 heterocycles. The molecule has 0 fully saturated rings. The molecule has 4 rings (SSSR count). The van der Waals surface area contributed by atoms with Gasteiger partial charge in [0.05, 0.1) is 23.1 Å². The first kappa shape index (κ1) is 16.4. The van der Waals surface area contributed by atoms with Gasteiger partial charge in [0.2, 0.25) is 5.72 Å². The summed E-state index contributed by atoms with van der Waals surface area (Å²) in [5.74, 6) is 1.34. The van der Waals surface area contributed by atoms with Gasteiger partial charge in [0.15, 0.2) is 11.5 Å². The molecule has 1 spiro atoms. The first-order chi connectivity index (χ1) is 12.3. The first-order valence-electron chi connectivity index (χ1n) is 8.40. The predicted molar refractivity (Wildman–Crippen MR) is 99.9 cm³/mol. The Bertz CT molecular complexity index is 951. The Morgan fingerprint density at radius 3 is 2.69 bits per heavy atom. The third-order valence-electron chi connectivity index (χ3n) is 5.60. The van der Waals surface area contributed by atoms with Crippen molar-refractivity contribution in [1.29, 1.82) is 0 Å². The molecule has 0 radical (unpaired) electrons. The maximum atomic E-state index is 11.2. The van der Waals surface area contributed by atoms with Crippen LogP contribution in [0.2, 0.25) is 0 Å². The molecule has 2 aromatic carbocycles.